The molecule has 0 aliphatic heterocycles. The van der Waals surface area contributed by atoms with Gasteiger partial charge in [0.15, 0.2) is 0 Å². The number of hydrogen-bond donors (Lipinski definition) is 1. The first-order valence-electron chi connectivity index (χ1n) is 7.32. The molecule has 5 nitrogen and oxygen atoms in total. The van der Waals surface area contributed by atoms with Gasteiger partial charge in [0.1, 0.15) is 5.75 Å². The summed E-state index contributed by atoms with van der Waals surface area (Å²) in [5.74, 6) is 0.0954. The Hall–Kier alpha value is -2.56. The van der Waals surface area contributed by atoms with Crippen molar-refractivity contribution in [3.63, 3.8) is 0 Å². The van der Waals surface area contributed by atoms with Crippen LogP contribution in [0.4, 0.5) is 0 Å². The molecule has 0 fully saturated rings. The zero-order valence-corrected chi connectivity index (χ0v) is 13.8. The highest BCUT2D eigenvalue weighted by molar-refractivity contribution is 5.96. The molecule has 1 N–H and O–H groups in total. The van der Waals surface area contributed by atoms with E-state index < -0.39 is 5.54 Å². The van der Waals surface area contributed by atoms with E-state index >= 15 is 0 Å². The third-order valence-electron chi connectivity index (χ3n) is 3.67. The molecule has 122 valence electrons. The van der Waals surface area contributed by atoms with E-state index in [4.69, 9.17) is 9.47 Å². The molecule has 23 heavy (non-hydrogen) atoms. The Morgan fingerprint density at radius 2 is 1.78 bits per heavy atom. The number of benzene rings is 1. The molecular formula is C18H21NO4. The first-order valence-corrected chi connectivity index (χ1v) is 7.32. The van der Waals surface area contributed by atoms with Crippen LogP contribution in [0.15, 0.2) is 47.6 Å². The van der Waals surface area contributed by atoms with E-state index in [-0.39, 0.29) is 11.9 Å². The lowest BCUT2D eigenvalue weighted by Gasteiger charge is -2.29. The van der Waals surface area contributed by atoms with E-state index in [1.807, 2.05) is 19.9 Å². The summed E-state index contributed by atoms with van der Waals surface area (Å²) >= 11 is 0. The fourth-order valence-electron chi connectivity index (χ4n) is 2.71. The highest BCUT2D eigenvalue weighted by atomic mass is 16.5. The van der Waals surface area contributed by atoms with Crippen molar-refractivity contribution in [1.82, 2.24) is 5.32 Å². The first kappa shape index (κ1) is 16.8. The average molecular weight is 315 g/mol. The quantitative estimate of drug-likeness (QED) is 0.685. The lowest BCUT2D eigenvalue weighted by atomic mass is 9.87. The molecule has 0 aromatic heterocycles. The van der Waals surface area contributed by atoms with Crippen molar-refractivity contribution in [2.75, 3.05) is 14.2 Å². The Morgan fingerprint density at radius 3 is 2.35 bits per heavy atom. The second-order valence-electron chi connectivity index (χ2n) is 5.79. The van der Waals surface area contributed by atoms with Crippen LogP contribution in [0, 0.1) is 0 Å². The van der Waals surface area contributed by atoms with Gasteiger partial charge in [0.25, 0.3) is 5.91 Å². The molecule has 1 aromatic carbocycles. The van der Waals surface area contributed by atoms with E-state index in [2.05, 4.69) is 5.32 Å². The zero-order valence-electron chi connectivity index (χ0n) is 13.8. The minimum Gasteiger partial charge on any atom is -0.497 e. The van der Waals surface area contributed by atoms with Crippen molar-refractivity contribution in [1.29, 1.82) is 0 Å². The first-order chi connectivity index (χ1) is 10.9. The van der Waals surface area contributed by atoms with Gasteiger partial charge < -0.3 is 14.8 Å². The summed E-state index contributed by atoms with van der Waals surface area (Å²) in [4.78, 5) is 24.2. The molecule has 1 unspecified atom stereocenters. The number of nitrogens with one attached hydrogen (secondary N) is 1. The molecule has 0 bridgehead atoms. The molecular weight excluding hydrogens is 294 g/mol. The fraction of sp³-hybridized carbons (Fsp3) is 0.333. The summed E-state index contributed by atoms with van der Waals surface area (Å²) in [5.41, 5.74) is 1.34. The van der Waals surface area contributed by atoms with Gasteiger partial charge in [-0.25, -0.2) is 4.79 Å². The number of methoxy groups -OCH3 is 2. The van der Waals surface area contributed by atoms with Crippen LogP contribution in [0.2, 0.25) is 0 Å². The Labute approximate surface area is 136 Å². The predicted octanol–water partition coefficient (Wildman–Crippen LogP) is 2.63. The van der Waals surface area contributed by atoms with Crippen LogP contribution in [0.5, 0.6) is 5.75 Å². The molecule has 1 aliphatic carbocycles. The van der Waals surface area contributed by atoms with Crippen LogP contribution < -0.4 is 10.1 Å². The monoisotopic (exact) mass is 315 g/mol. The maximum absolute atomic E-state index is 12.4. The van der Waals surface area contributed by atoms with Crippen molar-refractivity contribution in [3.05, 3.63) is 53.1 Å². The van der Waals surface area contributed by atoms with Crippen LogP contribution in [-0.4, -0.2) is 31.6 Å². The summed E-state index contributed by atoms with van der Waals surface area (Å²) < 4.78 is 9.87. The van der Waals surface area contributed by atoms with Crippen molar-refractivity contribution in [2.45, 2.75) is 25.8 Å². The normalized spacial score (nSPS) is 20.2. The maximum atomic E-state index is 12.4. The van der Waals surface area contributed by atoms with Gasteiger partial charge in [0.2, 0.25) is 0 Å². The van der Waals surface area contributed by atoms with Crippen LogP contribution in [-0.2, 0) is 9.53 Å². The van der Waals surface area contributed by atoms with Gasteiger partial charge in [-0.15, -0.1) is 0 Å². The number of esters is 1. The summed E-state index contributed by atoms with van der Waals surface area (Å²) in [6.45, 7) is 3.77. The third kappa shape index (κ3) is 4.00. The molecule has 2 rings (SSSR count). The van der Waals surface area contributed by atoms with Crippen molar-refractivity contribution in [2.24, 2.45) is 0 Å². The summed E-state index contributed by atoms with van der Waals surface area (Å²) in [6, 6.07) is 6.85. The van der Waals surface area contributed by atoms with E-state index in [0.717, 1.165) is 5.57 Å². The molecule has 0 spiro atoms. The lowest BCUT2D eigenvalue weighted by Crippen LogP contribution is -2.44. The summed E-state index contributed by atoms with van der Waals surface area (Å²) in [6.07, 6.45) is 4.22. The number of amides is 1. The summed E-state index contributed by atoms with van der Waals surface area (Å²) in [7, 11) is 2.93. The second-order valence-corrected chi connectivity index (χ2v) is 5.79. The number of rotatable bonds is 4. The van der Waals surface area contributed by atoms with E-state index in [1.54, 1.807) is 37.5 Å². The number of allylic oxidation sites excluding steroid dienone is 1. The van der Waals surface area contributed by atoms with Gasteiger partial charge in [-0.1, -0.05) is 11.6 Å². The zero-order chi connectivity index (χ0) is 17.0. The van der Waals surface area contributed by atoms with Gasteiger partial charge in [-0.3, -0.25) is 4.79 Å². The highest BCUT2D eigenvalue weighted by Gasteiger charge is 2.28. The lowest BCUT2D eigenvalue weighted by molar-refractivity contribution is -0.136. The van der Waals surface area contributed by atoms with Crippen molar-refractivity contribution in [3.8, 4) is 5.75 Å². The number of carbonyl (C=O) groups excluding carboxylic acids is 2. The molecule has 0 radical (unpaired) electrons. The Balaban J connectivity index is 2.21. The molecule has 1 aliphatic rings. The van der Waals surface area contributed by atoms with Crippen LogP contribution in [0.3, 0.4) is 0 Å². The van der Waals surface area contributed by atoms with Gasteiger partial charge >= 0.3 is 5.97 Å². The topological polar surface area (TPSA) is 64.6 Å². The minimum absolute atomic E-state index is 0.221. The van der Waals surface area contributed by atoms with E-state index in [1.165, 1.54) is 7.11 Å². The van der Waals surface area contributed by atoms with Gasteiger partial charge in [0.05, 0.1) is 19.8 Å². The predicted molar refractivity (Wildman–Crippen MR) is 87.3 cm³/mol. The molecule has 1 aromatic rings. The molecule has 1 atom stereocenters. The SMILES string of the molecule is COC(=O)C1=CC(C)(NC(=O)c2ccc(OC)cc2)C=C(C)C1. The maximum Gasteiger partial charge on any atom is 0.333 e. The molecule has 0 heterocycles. The molecule has 0 saturated heterocycles. The minimum atomic E-state index is -0.733. The van der Waals surface area contributed by atoms with Crippen LogP contribution >= 0.6 is 0 Å². The van der Waals surface area contributed by atoms with Gasteiger partial charge in [0, 0.05) is 17.6 Å². The van der Waals surface area contributed by atoms with Gasteiger partial charge in [-0.2, -0.15) is 0 Å². The standard InChI is InChI=1S/C18H21NO4/c1-12-9-14(17(21)23-4)11-18(2,10-12)19-16(20)13-5-7-15(22-3)8-6-13/h5-8,10-11H,9H2,1-4H3,(H,19,20). The number of hydrogen-bond acceptors (Lipinski definition) is 4. The Kier molecular flexibility index (Phi) is 4.89. The highest BCUT2D eigenvalue weighted by Crippen LogP contribution is 2.26. The van der Waals surface area contributed by atoms with E-state index in [0.29, 0.717) is 23.3 Å². The van der Waals surface area contributed by atoms with Crippen LogP contribution in [0.25, 0.3) is 0 Å². The van der Waals surface area contributed by atoms with E-state index in [9.17, 15) is 9.59 Å². The fourth-order valence-corrected chi connectivity index (χ4v) is 2.71. The Morgan fingerprint density at radius 1 is 1.13 bits per heavy atom. The third-order valence-corrected chi connectivity index (χ3v) is 3.67. The largest absolute Gasteiger partial charge is 0.497 e. The van der Waals surface area contributed by atoms with Gasteiger partial charge in [-0.05, 0) is 44.2 Å². The average Bonchev–Trinajstić information content (AvgIpc) is 2.52. The van der Waals surface area contributed by atoms with Crippen LogP contribution in [0.1, 0.15) is 30.6 Å². The molecule has 1 amide bonds. The second kappa shape index (κ2) is 6.69. The number of carbonyl (C=O) groups is 2. The Bertz CT molecular complexity index is 673. The van der Waals surface area contributed by atoms with Crippen molar-refractivity contribution >= 4 is 11.9 Å². The summed E-state index contributed by atoms with van der Waals surface area (Å²) in [5, 5.41) is 2.95. The van der Waals surface area contributed by atoms with Crippen molar-refractivity contribution < 1.29 is 19.1 Å². The smallest absolute Gasteiger partial charge is 0.333 e. The molecule has 5 heteroatoms. The number of ether oxygens (including phenoxy) is 2. The molecule has 0 saturated carbocycles.